The van der Waals surface area contributed by atoms with Crippen LogP contribution in [0.5, 0.6) is 5.75 Å². The van der Waals surface area contributed by atoms with E-state index >= 15 is 0 Å². The van der Waals surface area contributed by atoms with Gasteiger partial charge in [-0.2, -0.15) is 0 Å². The summed E-state index contributed by atoms with van der Waals surface area (Å²) in [5.74, 6) is 0.0295. The van der Waals surface area contributed by atoms with Crippen LogP contribution in [0.4, 0.5) is 8.78 Å². The molecule has 2 nitrogen and oxygen atoms in total. The smallest absolute Gasteiger partial charge is 0.270 e. The molecule has 6 heteroatoms. The summed E-state index contributed by atoms with van der Waals surface area (Å²) < 4.78 is 29.9. The molecule has 72 valence electrons. The largest absolute Gasteiger partial charge is 0.496 e. The molecule has 0 aliphatic heterocycles. The molecule has 0 atom stereocenters. The highest BCUT2D eigenvalue weighted by Crippen LogP contribution is 2.35. The minimum Gasteiger partial charge on any atom is -0.496 e. The van der Waals surface area contributed by atoms with Gasteiger partial charge in [-0.05, 0) is 15.9 Å². The third-order valence-electron chi connectivity index (χ3n) is 1.38. The fourth-order valence-corrected chi connectivity index (χ4v) is 1.59. The Bertz CT molecular complexity index is 322. The average Bonchev–Trinajstić information content (AvgIpc) is 2.01. The zero-order chi connectivity index (χ0) is 10.0. The SMILES string of the molecule is COc1cc(Br)nc(Cl)c1C(F)F. The molecule has 0 amide bonds. The van der Waals surface area contributed by atoms with Crippen LogP contribution >= 0.6 is 27.5 Å². The molecule has 13 heavy (non-hydrogen) atoms. The first-order valence-corrected chi connectivity index (χ1v) is 4.41. The maximum absolute atomic E-state index is 12.4. The molecule has 0 bridgehead atoms. The monoisotopic (exact) mass is 271 g/mol. The average molecular weight is 272 g/mol. The van der Waals surface area contributed by atoms with Gasteiger partial charge in [0.05, 0.1) is 12.7 Å². The van der Waals surface area contributed by atoms with Crippen molar-refractivity contribution in [3.8, 4) is 5.75 Å². The summed E-state index contributed by atoms with van der Waals surface area (Å²) >= 11 is 8.52. The van der Waals surface area contributed by atoms with Crippen molar-refractivity contribution in [1.82, 2.24) is 4.98 Å². The Morgan fingerprint density at radius 1 is 1.62 bits per heavy atom. The standard InChI is InChI=1S/C7H5BrClF2NO/c1-13-3-2-4(8)12-6(9)5(3)7(10)11/h2,7H,1H3. The molecule has 1 heterocycles. The lowest BCUT2D eigenvalue weighted by Gasteiger charge is -2.08. The Labute approximate surface area is 87.0 Å². The first kappa shape index (κ1) is 10.7. The molecule has 0 spiro atoms. The highest BCUT2D eigenvalue weighted by molar-refractivity contribution is 9.10. The van der Waals surface area contributed by atoms with Gasteiger partial charge in [-0.15, -0.1) is 0 Å². The van der Waals surface area contributed by atoms with Crippen LogP contribution in [0.25, 0.3) is 0 Å². The van der Waals surface area contributed by atoms with Gasteiger partial charge in [-0.1, -0.05) is 11.6 Å². The number of aromatic nitrogens is 1. The highest BCUT2D eigenvalue weighted by Gasteiger charge is 2.19. The van der Waals surface area contributed by atoms with E-state index < -0.39 is 6.43 Å². The number of pyridine rings is 1. The topological polar surface area (TPSA) is 22.1 Å². The van der Waals surface area contributed by atoms with Gasteiger partial charge in [0, 0.05) is 6.07 Å². The van der Waals surface area contributed by atoms with Crippen molar-refractivity contribution in [2.24, 2.45) is 0 Å². The summed E-state index contributed by atoms with van der Waals surface area (Å²) in [4.78, 5) is 3.63. The third-order valence-corrected chi connectivity index (χ3v) is 2.08. The Balaban J connectivity index is 3.30. The second-order valence-corrected chi connectivity index (χ2v) is 3.32. The van der Waals surface area contributed by atoms with Crippen molar-refractivity contribution in [3.05, 3.63) is 21.4 Å². The second kappa shape index (κ2) is 4.19. The van der Waals surface area contributed by atoms with E-state index in [9.17, 15) is 8.78 Å². The lowest BCUT2D eigenvalue weighted by Crippen LogP contribution is -1.96. The Hall–Kier alpha value is -0.420. The van der Waals surface area contributed by atoms with E-state index in [0.29, 0.717) is 4.60 Å². The van der Waals surface area contributed by atoms with Crippen molar-refractivity contribution in [3.63, 3.8) is 0 Å². The van der Waals surface area contributed by atoms with Crippen LogP contribution in [-0.4, -0.2) is 12.1 Å². The van der Waals surface area contributed by atoms with Gasteiger partial charge in [0.15, 0.2) is 0 Å². The van der Waals surface area contributed by atoms with Gasteiger partial charge < -0.3 is 4.74 Å². The normalized spacial score (nSPS) is 10.6. The predicted molar refractivity (Wildman–Crippen MR) is 48.5 cm³/mol. The molecule has 0 unspecified atom stereocenters. The van der Waals surface area contributed by atoms with Crippen LogP contribution in [0.1, 0.15) is 12.0 Å². The van der Waals surface area contributed by atoms with Crippen molar-refractivity contribution in [2.45, 2.75) is 6.43 Å². The zero-order valence-electron chi connectivity index (χ0n) is 6.52. The van der Waals surface area contributed by atoms with Gasteiger partial charge in [0.25, 0.3) is 6.43 Å². The van der Waals surface area contributed by atoms with Gasteiger partial charge >= 0.3 is 0 Å². The van der Waals surface area contributed by atoms with Gasteiger partial charge in [0.1, 0.15) is 15.5 Å². The molecule has 0 aliphatic carbocycles. The number of ether oxygens (including phenoxy) is 1. The minimum absolute atomic E-state index is 0.0295. The molecule has 0 radical (unpaired) electrons. The maximum atomic E-state index is 12.4. The lowest BCUT2D eigenvalue weighted by atomic mass is 10.3. The Morgan fingerprint density at radius 3 is 2.69 bits per heavy atom. The van der Waals surface area contributed by atoms with E-state index in [-0.39, 0.29) is 16.5 Å². The van der Waals surface area contributed by atoms with E-state index in [1.165, 1.54) is 13.2 Å². The zero-order valence-corrected chi connectivity index (χ0v) is 8.86. The summed E-state index contributed by atoms with van der Waals surface area (Å²) in [6.45, 7) is 0. The molecule has 1 aromatic heterocycles. The molecule has 1 aromatic rings. The van der Waals surface area contributed by atoms with Crippen molar-refractivity contribution in [2.75, 3.05) is 7.11 Å². The van der Waals surface area contributed by atoms with Crippen LogP contribution in [-0.2, 0) is 0 Å². The number of rotatable bonds is 2. The number of halogens is 4. The van der Waals surface area contributed by atoms with Gasteiger partial charge in [-0.25, -0.2) is 13.8 Å². The molecule has 0 aliphatic rings. The minimum atomic E-state index is -2.69. The Morgan fingerprint density at radius 2 is 2.23 bits per heavy atom. The number of methoxy groups -OCH3 is 1. The fraction of sp³-hybridized carbons (Fsp3) is 0.286. The van der Waals surface area contributed by atoms with Crippen molar-refractivity contribution >= 4 is 27.5 Å². The number of nitrogens with zero attached hydrogens (tertiary/aromatic N) is 1. The molecule has 0 saturated carbocycles. The van der Waals surface area contributed by atoms with Crippen molar-refractivity contribution in [1.29, 1.82) is 0 Å². The van der Waals surface area contributed by atoms with E-state index in [2.05, 4.69) is 20.9 Å². The molecule has 0 aromatic carbocycles. The lowest BCUT2D eigenvalue weighted by molar-refractivity contribution is 0.146. The summed E-state index contributed by atoms with van der Waals surface area (Å²) in [6.07, 6.45) is -2.69. The van der Waals surface area contributed by atoms with Crippen LogP contribution < -0.4 is 4.74 Å². The maximum Gasteiger partial charge on any atom is 0.270 e. The van der Waals surface area contributed by atoms with Crippen LogP contribution in [0, 0.1) is 0 Å². The van der Waals surface area contributed by atoms with E-state index in [1.807, 2.05) is 0 Å². The first-order valence-electron chi connectivity index (χ1n) is 3.24. The quantitative estimate of drug-likeness (QED) is 0.769. The molecular formula is C7H5BrClF2NO. The summed E-state index contributed by atoms with van der Waals surface area (Å²) in [7, 11) is 1.30. The first-order chi connectivity index (χ1) is 6.06. The summed E-state index contributed by atoms with van der Waals surface area (Å²) in [5.41, 5.74) is -0.382. The van der Waals surface area contributed by atoms with Gasteiger partial charge in [0.2, 0.25) is 0 Å². The van der Waals surface area contributed by atoms with E-state index in [1.54, 1.807) is 0 Å². The number of hydrogen-bond donors (Lipinski definition) is 0. The molecular weight excluding hydrogens is 267 g/mol. The van der Waals surface area contributed by atoms with E-state index in [0.717, 1.165) is 0 Å². The molecule has 0 fully saturated rings. The number of alkyl halides is 2. The highest BCUT2D eigenvalue weighted by atomic mass is 79.9. The molecule has 0 saturated heterocycles. The summed E-state index contributed by atoms with van der Waals surface area (Å²) in [6, 6.07) is 1.34. The third kappa shape index (κ3) is 2.28. The fourth-order valence-electron chi connectivity index (χ4n) is 0.840. The van der Waals surface area contributed by atoms with Gasteiger partial charge in [-0.3, -0.25) is 0 Å². The van der Waals surface area contributed by atoms with Crippen LogP contribution in [0.2, 0.25) is 5.15 Å². The van der Waals surface area contributed by atoms with Crippen LogP contribution in [0.3, 0.4) is 0 Å². The van der Waals surface area contributed by atoms with Crippen LogP contribution in [0.15, 0.2) is 10.7 Å². The summed E-state index contributed by atoms with van der Waals surface area (Å²) in [5, 5.41) is -0.249. The number of hydrogen-bond acceptors (Lipinski definition) is 2. The molecule has 1 rings (SSSR count). The molecule has 0 N–H and O–H groups in total. The Kier molecular flexibility index (Phi) is 3.44. The second-order valence-electron chi connectivity index (χ2n) is 2.15. The predicted octanol–water partition coefficient (Wildman–Crippen LogP) is 3.44. The van der Waals surface area contributed by atoms with E-state index in [4.69, 9.17) is 16.3 Å². The van der Waals surface area contributed by atoms with Crippen molar-refractivity contribution < 1.29 is 13.5 Å².